The highest BCUT2D eigenvalue weighted by Crippen LogP contribution is 2.49. The van der Waals surface area contributed by atoms with Crippen LogP contribution in [-0.4, -0.2) is 48.9 Å². The number of nitrogens with zero attached hydrogens (tertiary/aromatic N) is 2. The summed E-state index contributed by atoms with van der Waals surface area (Å²) in [5.74, 6) is -2.82. The first-order valence-corrected chi connectivity index (χ1v) is 4.06. The van der Waals surface area contributed by atoms with E-state index in [0.717, 1.165) is 14.1 Å². The first-order chi connectivity index (χ1) is 7.42. The minimum atomic E-state index is -5.88. The van der Waals surface area contributed by atoms with Crippen LogP contribution in [0.1, 0.15) is 0 Å². The Morgan fingerprint density at radius 1 is 1.12 bits per heavy atom. The molecular weight excluding hydrogens is 258 g/mol. The summed E-state index contributed by atoms with van der Waals surface area (Å²) >= 11 is 0. The Kier molecular flexibility index (Phi) is 2.80. The van der Waals surface area contributed by atoms with E-state index in [-0.39, 0.29) is 0 Å². The Hall–Kier alpha value is -1.48. The van der Waals surface area contributed by atoms with Crippen LogP contribution in [0.25, 0.3) is 0 Å². The molecule has 0 aliphatic carbocycles. The van der Waals surface area contributed by atoms with Crippen molar-refractivity contribution in [1.82, 2.24) is 4.90 Å². The lowest BCUT2D eigenvalue weighted by Crippen LogP contribution is -2.56. The van der Waals surface area contributed by atoms with Gasteiger partial charge in [0.25, 0.3) is 0 Å². The first kappa shape index (κ1) is 13.6. The van der Waals surface area contributed by atoms with E-state index in [1.165, 1.54) is 0 Å². The van der Waals surface area contributed by atoms with Crippen LogP contribution >= 0.6 is 0 Å². The molecule has 0 fully saturated rings. The molecule has 0 amide bonds. The zero-order valence-electron chi connectivity index (χ0n) is 8.48. The van der Waals surface area contributed by atoms with Crippen LogP contribution in [0.15, 0.2) is 4.99 Å². The topological polar surface area (TPSA) is 41.9 Å². The van der Waals surface area contributed by atoms with E-state index >= 15 is 0 Å². The lowest BCUT2D eigenvalue weighted by Gasteiger charge is -2.28. The van der Waals surface area contributed by atoms with Gasteiger partial charge in [0.15, 0.2) is 0 Å². The zero-order chi connectivity index (χ0) is 13.6. The number of alkyl halides is 6. The maximum Gasteiger partial charge on any atom is 0.460 e. The highest BCUT2D eigenvalue weighted by molar-refractivity contribution is 6.36. The highest BCUT2D eigenvalue weighted by Gasteiger charge is 2.78. The SMILES string of the molecule is CN(C)C1=NC(C(F)(F)F)(C(F)(F)F)OC1=O. The maximum atomic E-state index is 12.4. The molecule has 0 radical (unpaired) electrons. The van der Waals surface area contributed by atoms with Gasteiger partial charge >= 0.3 is 24.0 Å². The predicted octanol–water partition coefficient (Wildman–Crippen LogP) is 1.32. The number of cyclic esters (lactones) is 1. The molecule has 0 aromatic heterocycles. The molecule has 0 N–H and O–H groups in total. The Morgan fingerprint density at radius 2 is 1.53 bits per heavy atom. The normalized spacial score (nSPS) is 20.0. The van der Waals surface area contributed by atoms with Gasteiger partial charge in [0.05, 0.1) is 0 Å². The largest absolute Gasteiger partial charge is 0.460 e. The number of halogens is 6. The number of esters is 1. The van der Waals surface area contributed by atoms with Gasteiger partial charge in [0, 0.05) is 14.1 Å². The maximum absolute atomic E-state index is 12.4. The van der Waals surface area contributed by atoms with Crippen molar-refractivity contribution in [3.8, 4) is 0 Å². The molecule has 4 nitrogen and oxygen atoms in total. The number of hydrogen-bond acceptors (Lipinski definition) is 4. The third kappa shape index (κ3) is 1.91. The van der Waals surface area contributed by atoms with Crippen molar-refractivity contribution in [2.24, 2.45) is 4.99 Å². The van der Waals surface area contributed by atoms with Crippen LogP contribution in [0, 0.1) is 0 Å². The molecule has 1 rings (SSSR count). The molecule has 17 heavy (non-hydrogen) atoms. The minimum Gasteiger partial charge on any atom is -0.413 e. The van der Waals surface area contributed by atoms with Gasteiger partial charge in [-0.3, -0.25) is 0 Å². The Balaban J connectivity index is 3.37. The number of aliphatic imine (C=N–C) groups is 1. The summed E-state index contributed by atoms with van der Waals surface area (Å²) in [5.41, 5.74) is -4.81. The monoisotopic (exact) mass is 264 g/mol. The molecule has 98 valence electrons. The van der Waals surface area contributed by atoms with Crippen molar-refractivity contribution >= 4 is 11.8 Å². The van der Waals surface area contributed by atoms with E-state index < -0.39 is 29.9 Å². The van der Waals surface area contributed by atoms with Gasteiger partial charge in [-0.15, -0.1) is 0 Å². The van der Waals surface area contributed by atoms with Crippen molar-refractivity contribution in [1.29, 1.82) is 0 Å². The second kappa shape index (κ2) is 3.50. The molecule has 10 heteroatoms. The molecule has 0 aromatic carbocycles. The quantitative estimate of drug-likeness (QED) is 0.489. The number of likely N-dealkylation sites (N-methyl/N-ethyl adjacent to an activating group) is 1. The summed E-state index contributed by atoms with van der Waals surface area (Å²) in [5, 5.41) is 0. The first-order valence-electron chi connectivity index (χ1n) is 4.06. The fourth-order valence-corrected chi connectivity index (χ4v) is 1.08. The van der Waals surface area contributed by atoms with Gasteiger partial charge in [0.1, 0.15) is 0 Å². The number of rotatable bonds is 0. The van der Waals surface area contributed by atoms with Gasteiger partial charge in [0.2, 0.25) is 5.84 Å². The van der Waals surface area contributed by atoms with Crippen molar-refractivity contribution in [3.63, 3.8) is 0 Å². The number of hydrogen-bond donors (Lipinski definition) is 0. The van der Waals surface area contributed by atoms with Crippen LogP contribution < -0.4 is 0 Å². The molecule has 1 heterocycles. The standard InChI is InChI=1S/C7H6F6N2O2/c1-15(2)3-4(16)17-5(14-3,6(8,9)10)7(11,12)13/h1-2H3. The van der Waals surface area contributed by atoms with E-state index in [0.29, 0.717) is 4.90 Å². The van der Waals surface area contributed by atoms with Crippen molar-refractivity contribution in [2.75, 3.05) is 14.1 Å². The van der Waals surface area contributed by atoms with Crippen LogP contribution in [0.5, 0.6) is 0 Å². The molecule has 0 unspecified atom stereocenters. The number of ether oxygens (including phenoxy) is 1. The molecule has 1 aliphatic rings. The Morgan fingerprint density at radius 3 is 1.71 bits per heavy atom. The lowest BCUT2D eigenvalue weighted by molar-refractivity contribution is -0.361. The molecular formula is C7H6F6N2O2. The molecule has 0 saturated heterocycles. The molecule has 0 saturated carbocycles. The van der Waals surface area contributed by atoms with Crippen molar-refractivity contribution < 1.29 is 35.9 Å². The third-order valence-corrected chi connectivity index (χ3v) is 1.88. The van der Waals surface area contributed by atoms with Crippen molar-refractivity contribution in [3.05, 3.63) is 0 Å². The summed E-state index contributed by atoms with van der Waals surface area (Å²) in [6, 6.07) is 0. The summed E-state index contributed by atoms with van der Waals surface area (Å²) in [6.45, 7) is 0. The lowest BCUT2D eigenvalue weighted by atomic mass is 10.2. The highest BCUT2D eigenvalue weighted by atomic mass is 19.4. The number of amidine groups is 1. The summed E-state index contributed by atoms with van der Waals surface area (Å²) < 4.78 is 77.8. The summed E-state index contributed by atoms with van der Waals surface area (Å²) in [4.78, 5) is 14.0. The van der Waals surface area contributed by atoms with E-state index in [2.05, 4.69) is 9.73 Å². The smallest absolute Gasteiger partial charge is 0.413 e. The predicted molar refractivity (Wildman–Crippen MR) is 42.1 cm³/mol. The molecule has 1 aliphatic heterocycles. The molecule has 0 spiro atoms. The van der Waals surface area contributed by atoms with Gasteiger partial charge < -0.3 is 9.64 Å². The van der Waals surface area contributed by atoms with E-state index in [9.17, 15) is 31.1 Å². The van der Waals surface area contributed by atoms with Crippen LogP contribution in [0.4, 0.5) is 26.3 Å². The molecule has 0 atom stereocenters. The fourth-order valence-electron chi connectivity index (χ4n) is 1.08. The van der Waals surface area contributed by atoms with Gasteiger partial charge in [-0.2, -0.15) is 31.3 Å². The summed E-state index contributed by atoms with van der Waals surface area (Å²) in [6.07, 6.45) is -11.8. The fraction of sp³-hybridized carbons (Fsp3) is 0.714. The van der Waals surface area contributed by atoms with E-state index in [1.54, 1.807) is 0 Å². The van der Waals surface area contributed by atoms with E-state index in [4.69, 9.17) is 0 Å². The van der Waals surface area contributed by atoms with Crippen LogP contribution in [0.3, 0.4) is 0 Å². The number of carbonyl (C=O) groups is 1. The Bertz CT molecular complexity index is 356. The van der Waals surface area contributed by atoms with Crippen molar-refractivity contribution in [2.45, 2.75) is 18.1 Å². The van der Waals surface area contributed by atoms with Gasteiger partial charge in [-0.1, -0.05) is 0 Å². The third-order valence-electron chi connectivity index (χ3n) is 1.88. The zero-order valence-corrected chi connectivity index (χ0v) is 8.48. The Labute approximate surface area is 90.8 Å². The molecule has 0 aromatic rings. The van der Waals surface area contributed by atoms with Gasteiger partial charge in [-0.25, -0.2) is 4.79 Å². The average Bonchev–Trinajstić information content (AvgIpc) is 2.41. The van der Waals surface area contributed by atoms with Gasteiger partial charge in [-0.05, 0) is 0 Å². The second-order valence-corrected chi connectivity index (χ2v) is 3.36. The van der Waals surface area contributed by atoms with Crippen LogP contribution in [0.2, 0.25) is 0 Å². The van der Waals surface area contributed by atoms with E-state index in [1.807, 2.05) is 0 Å². The second-order valence-electron chi connectivity index (χ2n) is 3.36. The summed E-state index contributed by atoms with van der Waals surface area (Å²) in [7, 11) is 2.14. The molecule has 0 bridgehead atoms. The average molecular weight is 264 g/mol. The minimum absolute atomic E-state index is 0.710. The van der Waals surface area contributed by atoms with Crippen LogP contribution in [-0.2, 0) is 9.53 Å². The number of carbonyl (C=O) groups excluding carboxylic acids is 1.